The summed E-state index contributed by atoms with van der Waals surface area (Å²) in [6.45, 7) is 8.82. The molecule has 0 aromatic heterocycles. The molecule has 0 aliphatic carbocycles. The molecule has 0 fully saturated rings. The molecule has 2 aromatic rings. The molecule has 0 bridgehead atoms. The van der Waals surface area contributed by atoms with E-state index in [4.69, 9.17) is 18.9 Å². The molecular formula is C22H25IN2O5. The number of amides is 1. The van der Waals surface area contributed by atoms with E-state index in [-0.39, 0.29) is 5.91 Å². The number of carbonyl (C=O) groups is 1. The van der Waals surface area contributed by atoms with E-state index in [9.17, 15) is 4.79 Å². The van der Waals surface area contributed by atoms with Crippen molar-refractivity contribution in [3.8, 4) is 23.0 Å². The van der Waals surface area contributed by atoms with E-state index in [1.807, 2.05) is 19.9 Å². The highest BCUT2D eigenvalue weighted by Crippen LogP contribution is 2.34. The van der Waals surface area contributed by atoms with Gasteiger partial charge in [0.15, 0.2) is 23.0 Å². The van der Waals surface area contributed by atoms with Gasteiger partial charge in [0.1, 0.15) is 6.61 Å². The lowest BCUT2D eigenvalue weighted by molar-refractivity contribution is 0.0954. The molecule has 0 aliphatic rings. The second-order valence-electron chi connectivity index (χ2n) is 5.86. The minimum Gasteiger partial charge on any atom is -0.493 e. The summed E-state index contributed by atoms with van der Waals surface area (Å²) in [6, 6.07) is 8.65. The molecule has 0 radical (unpaired) electrons. The molecule has 30 heavy (non-hydrogen) atoms. The maximum atomic E-state index is 12.4. The molecule has 0 aliphatic heterocycles. The van der Waals surface area contributed by atoms with Gasteiger partial charge in [-0.3, -0.25) is 4.79 Å². The maximum absolute atomic E-state index is 12.4. The Labute approximate surface area is 190 Å². The van der Waals surface area contributed by atoms with Gasteiger partial charge in [-0.15, -0.1) is 0 Å². The Balaban J connectivity index is 2.14. The first-order chi connectivity index (χ1) is 14.5. The van der Waals surface area contributed by atoms with Gasteiger partial charge in [0, 0.05) is 5.56 Å². The fourth-order valence-electron chi connectivity index (χ4n) is 2.52. The van der Waals surface area contributed by atoms with Crippen LogP contribution in [0.4, 0.5) is 0 Å². The quantitative estimate of drug-likeness (QED) is 0.204. The van der Waals surface area contributed by atoms with Crippen LogP contribution in [0, 0.1) is 3.57 Å². The Morgan fingerprint density at radius 3 is 2.50 bits per heavy atom. The summed E-state index contributed by atoms with van der Waals surface area (Å²) in [5.74, 6) is 1.96. The van der Waals surface area contributed by atoms with Crippen LogP contribution in [0.3, 0.4) is 0 Å². The number of carbonyl (C=O) groups excluding carboxylic acids is 1. The van der Waals surface area contributed by atoms with Crippen molar-refractivity contribution >= 4 is 34.7 Å². The number of rotatable bonds is 11. The minimum atomic E-state index is -0.363. The molecular weight excluding hydrogens is 499 g/mol. The number of halogens is 1. The third-order valence-corrected chi connectivity index (χ3v) is 4.58. The van der Waals surface area contributed by atoms with Crippen molar-refractivity contribution < 1.29 is 23.7 Å². The fourth-order valence-corrected chi connectivity index (χ4v) is 3.30. The zero-order valence-corrected chi connectivity index (χ0v) is 19.4. The first-order valence-electron chi connectivity index (χ1n) is 9.38. The zero-order valence-electron chi connectivity index (χ0n) is 17.2. The Kier molecular flexibility index (Phi) is 9.46. The summed E-state index contributed by atoms with van der Waals surface area (Å²) in [6.07, 6.45) is 3.22. The SMILES string of the molecule is C=CCOc1c(I)cc(/C=N/NC(=O)c2ccc(OCC)c(OC)c2)cc1OCC. The van der Waals surface area contributed by atoms with Crippen molar-refractivity contribution in [3.63, 3.8) is 0 Å². The number of benzene rings is 2. The number of hydrogen-bond acceptors (Lipinski definition) is 6. The molecule has 0 atom stereocenters. The summed E-state index contributed by atoms with van der Waals surface area (Å²) in [7, 11) is 1.53. The van der Waals surface area contributed by atoms with E-state index >= 15 is 0 Å². The lowest BCUT2D eigenvalue weighted by Gasteiger charge is -2.13. The fraction of sp³-hybridized carbons (Fsp3) is 0.273. The zero-order chi connectivity index (χ0) is 21.9. The lowest BCUT2D eigenvalue weighted by Crippen LogP contribution is -2.17. The minimum absolute atomic E-state index is 0.363. The van der Waals surface area contributed by atoms with Gasteiger partial charge in [-0.05, 0) is 72.3 Å². The summed E-state index contributed by atoms with van der Waals surface area (Å²) >= 11 is 2.17. The van der Waals surface area contributed by atoms with Crippen LogP contribution in [0.2, 0.25) is 0 Å². The van der Waals surface area contributed by atoms with Crippen LogP contribution in [-0.2, 0) is 0 Å². The standard InChI is InChI=1S/C22H25IN2O5/c1-5-10-30-21-17(23)11-15(12-20(21)29-7-3)14-24-25-22(26)16-8-9-18(28-6-2)19(13-16)27-4/h5,8-9,11-14H,1,6-7,10H2,2-4H3,(H,25,26)/b24-14+. The molecule has 0 spiro atoms. The van der Waals surface area contributed by atoms with Gasteiger partial charge in [-0.2, -0.15) is 5.10 Å². The molecule has 0 saturated carbocycles. The smallest absolute Gasteiger partial charge is 0.271 e. The topological polar surface area (TPSA) is 78.4 Å². The largest absolute Gasteiger partial charge is 0.493 e. The van der Waals surface area contributed by atoms with Crippen molar-refractivity contribution in [2.45, 2.75) is 13.8 Å². The number of methoxy groups -OCH3 is 1. The first-order valence-corrected chi connectivity index (χ1v) is 10.5. The van der Waals surface area contributed by atoms with E-state index < -0.39 is 0 Å². The second-order valence-corrected chi connectivity index (χ2v) is 7.02. The van der Waals surface area contributed by atoms with E-state index in [1.165, 1.54) is 7.11 Å². The number of nitrogens with one attached hydrogen (secondary N) is 1. The predicted octanol–water partition coefficient (Wildman–Crippen LogP) is 4.43. The van der Waals surface area contributed by atoms with E-state index in [2.05, 4.69) is 39.7 Å². The molecule has 1 N–H and O–H groups in total. The van der Waals surface area contributed by atoms with E-state index in [0.717, 1.165) is 9.13 Å². The number of hydrogen-bond donors (Lipinski definition) is 1. The highest BCUT2D eigenvalue weighted by molar-refractivity contribution is 14.1. The number of ether oxygens (including phenoxy) is 4. The van der Waals surface area contributed by atoms with E-state index in [1.54, 1.807) is 36.6 Å². The molecule has 0 saturated heterocycles. The van der Waals surface area contributed by atoms with Crippen LogP contribution in [0.1, 0.15) is 29.8 Å². The van der Waals surface area contributed by atoms with Crippen LogP contribution in [0.5, 0.6) is 23.0 Å². The van der Waals surface area contributed by atoms with Gasteiger partial charge < -0.3 is 18.9 Å². The van der Waals surface area contributed by atoms with Crippen molar-refractivity contribution in [1.82, 2.24) is 5.43 Å². The average Bonchev–Trinajstić information content (AvgIpc) is 2.74. The van der Waals surface area contributed by atoms with Crippen molar-refractivity contribution in [2.24, 2.45) is 5.10 Å². The monoisotopic (exact) mass is 524 g/mol. The molecule has 2 rings (SSSR count). The van der Waals surface area contributed by atoms with E-state index in [0.29, 0.717) is 48.4 Å². The van der Waals surface area contributed by atoms with Crippen molar-refractivity contribution in [1.29, 1.82) is 0 Å². The van der Waals surface area contributed by atoms with Gasteiger partial charge in [0.25, 0.3) is 5.91 Å². The van der Waals surface area contributed by atoms with Crippen LogP contribution >= 0.6 is 22.6 Å². The molecule has 7 nitrogen and oxygen atoms in total. The summed E-state index contributed by atoms with van der Waals surface area (Å²) in [5, 5.41) is 4.05. The molecule has 2 aromatic carbocycles. The average molecular weight is 524 g/mol. The normalized spacial score (nSPS) is 10.5. The Morgan fingerprint density at radius 1 is 1.10 bits per heavy atom. The van der Waals surface area contributed by atoms with Gasteiger partial charge in [0.05, 0.1) is 30.1 Å². The Hall–Kier alpha value is -2.75. The molecule has 0 unspecified atom stereocenters. The third-order valence-electron chi connectivity index (χ3n) is 3.78. The van der Waals surface area contributed by atoms with Crippen LogP contribution < -0.4 is 24.4 Å². The number of nitrogens with zero attached hydrogens (tertiary/aromatic N) is 1. The maximum Gasteiger partial charge on any atom is 0.271 e. The second kappa shape index (κ2) is 12.1. The van der Waals surface area contributed by atoms with Crippen LogP contribution in [0.25, 0.3) is 0 Å². The van der Waals surface area contributed by atoms with Gasteiger partial charge in [-0.1, -0.05) is 12.7 Å². The van der Waals surface area contributed by atoms with Crippen LogP contribution in [0.15, 0.2) is 48.1 Å². The highest BCUT2D eigenvalue weighted by atomic mass is 127. The first kappa shape index (κ1) is 23.5. The highest BCUT2D eigenvalue weighted by Gasteiger charge is 2.12. The molecule has 160 valence electrons. The molecule has 8 heteroatoms. The van der Waals surface area contributed by atoms with Gasteiger partial charge in [-0.25, -0.2) is 5.43 Å². The summed E-state index contributed by atoms with van der Waals surface area (Å²) < 4.78 is 23.0. The lowest BCUT2D eigenvalue weighted by atomic mass is 10.2. The number of hydrazone groups is 1. The van der Waals surface area contributed by atoms with Crippen molar-refractivity contribution in [2.75, 3.05) is 26.9 Å². The summed E-state index contributed by atoms with van der Waals surface area (Å²) in [5.41, 5.74) is 3.69. The van der Waals surface area contributed by atoms with Crippen molar-refractivity contribution in [3.05, 3.63) is 57.7 Å². The third kappa shape index (κ3) is 6.38. The Morgan fingerprint density at radius 2 is 1.83 bits per heavy atom. The van der Waals surface area contributed by atoms with Crippen LogP contribution in [-0.4, -0.2) is 39.1 Å². The summed E-state index contributed by atoms with van der Waals surface area (Å²) in [4.78, 5) is 12.4. The van der Waals surface area contributed by atoms with Gasteiger partial charge >= 0.3 is 0 Å². The predicted molar refractivity (Wildman–Crippen MR) is 125 cm³/mol. The Bertz CT molecular complexity index is 915. The molecule has 1 amide bonds. The van der Waals surface area contributed by atoms with Gasteiger partial charge in [0.2, 0.25) is 0 Å². The molecule has 0 heterocycles.